The van der Waals surface area contributed by atoms with Gasteiger partial charge in [-0.1, -0.05) is 35.8 Å². The van der Waals surface area contributed by atoms with Gasteiger partial charge in [-0.2, -0.15) is 9.97 Å². The number of anilines is 6. The number of benzene rings is 4. The van der Waals surface area contributed by atoms with Gasteiger partial charge in [-0.05, 0) is 103 Å². The van der Waals surface area contributed by atoms with Crippen LogP contribution in [0.5, 0.6) is 11.5 Å². The minimum absolute atomic E-state index is 0.0000943. The van der Waals surface area contributed by atoms with Crippen LogP contribution in [0.4, 0.5) is 62.1 Å². The van der Waals surface area contributed by atoms with Crippen LogP contribution in [0.2, 0.25) is 0 Å². The first-order valence-corrected chi connectivity index (χ1v) is 24.6. The predicted molar refractivity (Wildman–Crippen MR) is 282 cm³/mol. The van der Waals surface area contributed by atoms with Crippen molar-refractivity contribution < 1.29 is 55.7 Å². The topological polar surface area (TPSA) is 291 Å². The van der Waals surface area contributed by atoms with Crippen molar-refractivity contribution in [1.29, 1.82) is 0 Å². The first kappa shape index (κ1) is 57.3. The number of methoxy groups -OCH3 is 2. The van der Waals surface area contributed by atoms with Crippen LogP contribution in [0.15, 0.2) is 81.7 Å². The normalized spacial score (nSPS) is 16.3. The number of fused-ring (bicyclic) bond motifs is 2. The summed E-state index contributed by atoms with van der Waals surface area (Å²) in [5, 5.41) is 5.03. The van der Waals surface area contributed by atoms with Crippen LogP contribution in [-0.2, 0) is 43.1 Å². The zero-order valence-corrected chi connectivity index (χ0v) is 44.9. The molecule has 2 aromatic heterocycles. The summed E-state index contributed by atoms with van der Waals surface area (Å²) in [4.78, 5) is 68.9. The molecule has 2 aliphatic rings. The Bertz CT molecular complexity index is 3160. The number of nitrogens with one attached hydrogen (secondary N) is 2. The number of halogens is 6. The first-order chi connectivity index (χ1) is 36.0. The van der Waals surface area contributed by atoms with Gasteiger partial charge in [0, 0.05) is 59.5 Å². The van der Waals surface area contributed by atoms with Crippen molar-refractivity contribution >= 4 is 90.8 Å². The number of nitrogens with two attached hydrogens (primary N) is 4. The van der Waals surface area contributed by atoms with E-state index >= 15 is 0 Å². The fourth-order valence-electron chi connectivity index (χ4n) is 8.05. The summed E-state index contributed by atoms with van der Waals surface area (Å²) in [7, 11) is 2.45. The molecule has 26 heteroatoms. The zero-order chi connectivity index (χ0) is 55.8. The average Bonchev–Trinajstić information content (AvgIpc) is 3.36. The number of carbonyl (C=O) groups excluding carboxylic acids is 4. The van der Waals surface area contributed by atoms with Crippen LogP contribution >= 0.6 is 31.9 Å². The van der Waals surface area contributed by atoms with Gasteiger partial charge in [-0.25, -0.2) is 37.1 Å². The highest BCUT2D eigenvalue weighted by Gasteiger charge is 2.48. The van der Waals surface area contributed by atoms with E-state index in [4.69, 9.17) is 32.4 Å². The summed E-state index contributed by atoms with van der Waals surface area (Å²) in [5.74, 6) is -2.94. The monoisotopic (exact) mass is 1180 g/mol. The van der Waals surface area contributed by atoms with Gasteiger partial charge in [-0.3, -0.25) is 9.59 Å². The van der Waals surface area contributed by atoms with Crippen molar-refractivity contribution in [2.45, 2.75) is 51.7 Å². The number of ether oxygens (including phenoxy) is 4. The quantitative estimate of drug-likeness (QED) is 0.0674. The van der Waals surface area contributed by atoms with Crippen LogP contribution in [0.25, 0.3) is 11.1 Å². The highest BCUT2D eigenvalue weighted by atomic mass is 79.9. The molecule has 4 amide bonds. The summed E-state index contributed by atoms with van der Waals surface area (Å²) in [6.45, 7) is 7.01. The third-order valence-corrected chi connectivity index (χ3v) is 13.1. The lowest BCUT2D eigenvalue weighted by Crippen LogP contribution is -2.54. The number of amides is 4. The van der Waals surface area contributed by atoms with Crippen LogP contribution in [0.1, 0.15) is 50.2 Å². The van der Waals surface area contributed by atoms with Crippen molar-refractivity contribution in [3.63, 3.8) is 0 Å². The smallest absolute Gasteiger partial charge is 0.406 e. The molecular formula is C50H52Br2F4N12O8. The molecule has 4 heterocycles. The molecule has 0 aliphatic carbocycles. The number of hydrogen-bond acceptors (Lipinski definition) is 16. The Hall–Kier alpha value is -8.00. The van der Waals surface area contributed by atoms with E-state index in [0.717, 1.165) is 46.9 Å². The minimum atomic E-state index is -1.75. The first-order valence-electron chi connectivity index (χ1n) is 23.0. The molecule has 0 bridgehead atoms. The number of rotatable bonds is 11. The molecule has 0 spiro atoms. The lowest BCUT2D eigenvalue weighted by atomic mass is 9.91. The van der Waals surface area contributed by atoms with Gasteiger partial charge in [0.15, 0.2) is 0 Å². The Balaban J connectivity index is 0.000000211. The van der Waals surface area contributed by atoms with Crippen LogP contribution < -0.4 is 52.8 Å². The molecule has 20 nitrogen and oxygen atoms in total. The zero-order valence-electron chi connectivity index (χ0n) is 41.7. The third kappa shape index (κ3) is 12.7. The van der Waals surface area contributed by atoms with E-state index in [0.29, 0.717) is 56.7 Å². The van der Waals surface area contributed by atoms with Gasteiger partial charge in [0.1, 0.15) is 46.4 Å². The number of aromatic nitrogens is 4. The molecular weight excluding hydrogens is 1130 g/mol. The Kier molecular flexibility index (Phi) is 18.2. The Morgan fingerprint density at radius 1 is 0.618 bits per heavy atom. The Labute approximate surface area is 450 Å². The second-order valence-electron chi connectivity index (χ2n) is 16.9. The molecule has 8 rings (SSSR count). The lowest BCUT2D eigenvalue weighted by molar-refractivity contribution is -0.135. The van der Waals surface area contributed by atoms with E-state index in [-0.39, 0.29) is 60.8 Å². The lowest BCUT2D eigenvalue weighted by Gasteiger charge is -2.41. The number of nitrogens with zero attached hydrogens (tertiary/aromatic N) is 6. The summed E-state index contributed by atoms with van der Waals surface area (Å²) in [6, 6.07) is 15.8. The Morgan fingerprint density at radius 3 is 1.49 bits per heavy atom. The van der Waals surface area contributed by atoms with Gasteiger partial charge < -0.3 is 62.3 Å². The van der Waals surface area contributed by atoms with Crippen molar-refractivity contribution in [2.24, 2.45) is 0 Å². The molecule has 0 saturated heterocycles. The molecule has 0 unspecified atom stereocenters. The number of hydrogen-bond donors (Lipinski definition) is 6. The van der Waals surface area contributed by atoms with E-state index in [9.17, 15) is 36.7 Å². The van der Waals surface area contributed by atoms with E-state index < -0.39 is 58.5 Å². The molecule has 2 atom stereocenters. The minimum Gasteiger partial charge on any atom is -0.471 e. The van der Waals surface area contributed by atoms with E-state index in [2.05, 4.69) is 71.9 Å². The fraction of sp³-hybridized carbons (Fsp3) is 0.280. The maximum atomic E-state index is 14.1. The highest BCUT2D eigenvalue weighted by Crippen LogP contribution is 2.46. The van der Waals surface area contributed by atoms with Gasteiger partial charge in [0.2, 0.25) is 23.1 Å². The van der Waals surface area contributed by atoms with E-state index in [1.807, 2.05) is 13.8 Å². The molecule has 0 fully saturated rings. The molecule has 10 N–H and O–H groups in total. The number of aryl methyl sites for hydroxylation is 2. The van der Waals surface area contributed by atoms with Gasteiger partial charge in [0.05, 0.1) is 41.5 Å². The summed E-state index contributed by atoms with van der Waals surface area (Å²) in [5.41, 5.74) is 22.9. The van der Waals surface area contributed by atoms with Gasteiger partial charge >= 0.3 is 12.2 Å². The van der Waals surface area contributed by atoms with E-state index in [1.54, 1.807) is 36.4 Å². The molecule has 76 heavy (non-hydrogen) atoms. The standard InChI is InChI=1S/C25H26F2N6O4.C19H17BrF2N2O4.C6H9BrN4/c1-4-17-20(21(28)32-23(29)31-17)13-5-6-19-18(9-13)33(8-7-30-24(35)36-3)22(34)25(2,37-19)14-10-15(26)12-16(27)11-14;1-19(11-7-13(21)10-14(22)8-11)17(25)24(6-5-23-18(26)27-2)15-9-12(20)3-4-16(15)28-19;1-2-3-4(7)5(8)11-6(9)10-3/h5-6,9-12H,4,7-8H2,1-3H3,(H,30,35)(H4,28,29,31,32);3-4,7-10H,5-6H2,1-2H3,(H,23,26);2H2,1H3,(H4,8,9,10,11)/t25-;19-;/m00./s1. The summed E-state index contributed by atoms with van der Waals surface area (Å²) < 4.78 is 78.2. The maximum Gasteiger partial charge on any atom is 0.406 e. The molecule has 402 valence electrons. The molecule has 0 saturated carbocycles. The van der Waals surface area contributed by atoms with E-state index in [1.165, 1.54) is 37.9 Å². The molecule has 4 aromatic carbocycles. The largest absolute Gasteiger partial charge is 0.471 e. The second kappa shape index (κ2) is 24.1. The molecule has 6 aromatic rings. The molecule has 2 aliphatic heterocycles. The van der Waals surface area contributed by atoms with Crippen molar-refractivity contribution in [3.8, 4) is 22.6 Å². The van der Waals surface area contributed by atoms with Crippen LogP contribution in [-0.4, -0.2) is 84.3 Å². The van der Waals surface area contributed by atoms with Crippen molar-refractivity contribution in [2.75, 3.05) is 73.1 Å². The van der Waals surface area contributed by atoms with Gasteiger partial charge in [-0.15, -0.1) is 0 Å². The maximum absolute atomic E-state index is 14.1. The average molecular weight is 1180 g/mol. The number of carbonyl (C=O) groups is 4. The molecule has 0 radical (unpaired) electrons. The van der Waals surface area contributed by atoms with Crippen molar-refractivity contribution in [1.82, 2.24) is 30.6 Å². The predicted octanol–water partition coefficient (Wildman–Crippen LogP) is 7.84. The van der Waals surface area contributed by atoms with Crippen LogP contribution in [0.3, 0.4) is 0 Å². The highest BCUT2D eigenvalue weighted by molar-refractivity contribution is 9.11. The SMILES string of the molecule is CCc1nc(N)nc(N)c1-c1ccc2c(c1)N(CCNC(=O)OC)C(=O)[C@](C)(c1cc(F)cc(F)c1)O2.CCc1nc(N)nc(N)c1Br.COC(=O)NCCN1C(=O)[C@](C)(c2cc(F)cc(F)c2)Oc2ccc(Br)cc21. The Morgan fingerprint density at radius 2 is 1.04 bits per heavy atom. The summed E-state index contributed by atoms with van der Waals surface area (Å²) >= 11 is 6.62. The van der Waals surface area contributed by atoms with Crippen LogP contribution in [0, 0.1) is 23.3 Å². The fourth-order valence-corrected chi connectivity index (χ4v) is 8.86. The number of nitrogen functional groups attached to an aromatic ring is 4. The van der Waals surface area contributed by atoms with Crippen molar-refractivity contribution in [3.05, 3.63) is 128 Å². The number of alkyl carbamates (subject to hydrolysis) is 2. The third-order valence-electron chi connectivity index (χ3n) is 11.8. The second-order valence-corrected chi connectivity index (χ2v) is 18.6. The van der Waals surface area contributed by atoms with Gasteiger partial charge in [0.25, 0.3) is 11.8 Å². The summed E-state index contributed by atoms with van der Waals surface area (Å²) in [6.07, 6.45) is 0.000792.